The van der Waals surface area contributed by atoms with Gasteiger partial charge in [0.1, 0.15) is 0 Å². The van der Waals surface area contributed by atoms with Gasteiger partial charge in [0, 0.05) is 18.7 Å². The molecule has 0 spiro atoms. The Morgan fingerprint density at radius 1 is 1.62 bits per heavy atom. The van der Waals surface area contributed by atoms with Crippen LogP contribution in [0.3, 0.4) is 0 Å². The highest BCUT2D eigenvalue weighted by molar-refractivity contribution is 5.77. The van der Waals surface area contributed by atoms with Crippen LogP contribution in [-0.4, -0.2) is 16.8 Å². The number of carbonyl (C=O) groups is 1. The third kappa shape index (κ3) is 2.72. The van der Waals surface area contributed by atoms with Gasteiger partial charge in [0.05, 0.1) is 0 Å². The maximum Gasteiger partial charge on any atom is 0.226 e. The Hall–Kier alpha value is -1.05. The van der Waals surface area contributed by atoms with Crippen LogP contribution in [0, 0.1) is 0 Å². The molecule has 0 atom stereocenters. The monoisotopic (exact) mass is 179 g/mol. The van der Waals surface area contributed by atoms with Crippen molar-refractivity contribution in [2.45, 2.75) is 39.2 Å². The van der Waals surface area contributed by atoms with Crippen LogP contribution < -0.4 is 0 Å². The number of carbonyl (C=O) groups excluding carboxylic acids is 1. The molecule has 1 rings (SSSR count). The van der Waals surface area contributed by atoms with Crippen LogP contribution in [0.1, 0.15) is 33.1 Å². The summed E-state index contributed by atoms with van der Waals surface area (Å²) in [5.74, 6) is 0.212. The maximum absolute atomic E-state index is 11.5. The lowest BCUT2D eigenvalue weighted by molar-refractivity contribution is -0.128. The minimum Gasteiger partial charge on any atom is -0.316 e. The number of hydrogen-bond acceptors (Lipinski definition) is 1. The van der Waals surface area contributed by atoms with Crippen LogP contribution >= 0.6 is 0 Å². The molecule has 0 aromatic heterocycles. The Kier molecular flexibility index (Phi) is 3.29. The Balaban J connectivity index is 2.67. The second-order valence-electron chi connectivity index (χ2n) is 3.46. The zero-order valence-corrected chi connectivity index (χ0v) is 8.42. The highest BCUT2D eigenvalue weighted by Crippen LogP contribution is 2.28. The maximum atomic E-state index is 11.5. The summed E-state index contributed by atoms with van der Waals surface area (Å²) >= 11 is 0. The van der Waals surface area contributed by atoms with E-state index in [1.165, 1.54) is 0 Å². The van der Waals surface area contributed by atoms with Crippen LogP contribution in [0.2, 0.25) is 0 Å². The molecule has 13 heavy (non-hydrogen) atoms. The first-order chi connectivity index (χ1) is 6.19. The van der Waals surface area contributed by atoms with Crippen LogP contribution in [0.15, 0.2) is 24.4 Å². The molecule has 1 aliphatic carbocycles. The lowest BCUT2D eigenvalue weighted by Gasteiger charge is -2.17. The Labute approximate surface area is 79.9 Å². The molecule has 0 aromatic carbocycles. The second kappa shape index (κ2) is 4.26. The van der Waals surface area contributed by atoms with Gasteiger partial charge in [-0.1, -0.05) is 19.6 Å². The number of hydrogen-bond donors (Lipinski definition) is 0. The molecular weight excluding hydrogens is 162 g/mol. The molecule has 1 saturated carbocycles. The molecule has 0 heterocycles. The van der Waals surface area contributed by atoms with Gasteiger partial charge < -0.3 is 4.90 Å². The summed E-state index contributed by atoms with van der Waals surface area (Å²) in [6, 6.07) is 0.461. The van der Waals surface area contributed by atoms with Gasteiger partial charge in [-0.05, 0) is 25.3 Å². The number of nitrogens with zero attached hydrogens (tertiary/aromatic N) is 1. The lowest BCUT2D eigenvalue weighted by atomic mass is 10.3. The van der Waals surface area contributed by atoms with Gasteiger partial charge in [-0.2, -0.15) is 0 Å². The second-order valence-corrected chi connectivity index (χ2v) is 3.46. The average molecular weight is 179 g/mol. The van der Waals surface area contributed by atoms with Gasteiger partial charge in [-0.3, -0.25) is 4.79 Å². The predicted molar refractivity (Wildman–Crippen MR) is 54.1 cm³/mol. The van der Waals surface area contributed by atoms with Gasteiger partial charge in [-0.15, -0.1) is 0 Å². The van der Waals surface area contributed by atoms with Crippen molar-refractivity contribution in [3.05, 3.63) is 24.4 Å². The van der Waals surface area contributed by atoms with Crippen LogP contribution in [0.25, 0.3) is 0 Å². The van der Waals surface area contributed by atoms with E-state index in [1.54, 1.807) is 6.08 Å². The fourth-order valence-electron chi connectivity index (χ4n) is 1.19. The largest absolute Gasteiger partial charge is 0.316 e. The first-order valence-electron chi connectivity index (χ1n) is 4.81. The summed E-state index contributed by atoms with van der Waals surface area (Å²) in [7, 11) is 0. The van der Waals surface area contributed by atoms with Crippen molar-refractivity contribution in [1.29, 1.82) is 0 Å². The molecule has 0 aliphatic heterocycles. The summed E-state index contributed by atoms with van der Waals surface area (Å²) in [4.78, 5) is 13.4. The molecule has 1 amide bonds. The molecule has 0 unspecified atom stereocenters. The highest BCUT2D eigenvalue weighted by atomic mass is 16.2. The Morgan fingerprint density at radius 2 is 2.23 bits per heavy atom. The van der Waals surface area contributed by atoms with E-state index in [4.69, 9.17) is 0 Å². The van der Waals surface area contributed by atoms with Gasteiger partial charge in [0.2, 0.25) is 5.91 Å². The Morgan fingerprint density at radius 3 is 2.62 bits per heavy atom. The molecule has 72 valence electrons. The molecule has 2 heteroatoms. The van der Waals surface area contributed by atoms with Gasteiger partial charge in [0.25, 0.3) is 0 Å². The van der Waals surface area contributed by atoms with Crippen LogP contribution in [0.5, 0.6) is 0 Å². The van der Waals surface area contributed by atoms with Crippen molar-refractivity contribution in [2.24, 2.45) is 0 Å². The molecule has 1 aliphatic rings. The first-order valence-corrected chi connectivity index (χ1v) is 4.81. The summed E-state index contributed by atoms with van der Waals surface area (Å²) < 4.78 is 0. The molecular formula is C11H17NO. The van der Waals surface area contributed by atoms with Crippen molar-refractivity contribution in [2.75, 3.05) is 0 Å². The van der Waals surface area contributed by atoms with Crippen molar-refractivity contribution >= 4 is 5.91 Å². The van der Waals surface area contributed by atoms with Crippen molar-refractivity contribution in [1.82, 2.24) is 4.90 Å². The standard InChI is InChI=1S/C11H17NO/c1-4-9(3)8-12(10-6-7-10)11(13)5-2/h4,8,10H,1,5-7H2,2-3H3/b9-8-. The lowest BCUT2D eigenvalue weighted by Crippen LogP contribution is -2.27. The van der Waals surface area contributed by atoms with Gasteiger partial charge >= 0.3 is 0 Å². The molecule has 0 N–H and O–H groups in total. The quantitative estimate of drug-likeness (QED) is 0.607. The summed E-state index contributed by atoms with van der Waals surface area (Å²) in [5.41, 5.74) is 1.05. The molecule has 0 bridgehead atoms. The molecule has 0 saturated heterocycles. The highest BCUT2D eigenvalue weighted by Gasteiger charge is 2.30. The minimum absolute atomic E-state index is 0.212. The fraction of sp³-hybridized carbons (Fsp3) is 0.545. The minimum atomic E-state index is 0.212. The van der Waals surface area contributed by atoms with Gasteiger partial charge in [-0.25, -0.2) is 0 Å². The van der Waals surface area contributed by atoms with E-state index in [1.807, 2.05) is 24.9 Å². The van der Waals surface area contributed by atoms with Crippen LogP contribution in [-0.2, 0) is 4.79 Å². The number of rotatable bonds is 4. The van der Waals surface area contributed by atoms with E-state index in [-0.39, 0.29) is 5.91 Å². The first kappa shape index (κ1) is 10.0. The molecule has 1 fully saturated rings. The zero-order valence-electron chi connectivity index (χ0n) is 8.42. The number of amides is 1. The predicted octanol–water partition coefficient (Wildman–Crippen LogP) is 2.48. The fourth-order valence-corrected chi connectivity index (χ4v) is 1.19. The SMILES string of the molecule is C=C/C(C)=C\N(C(=O)CC)C1CC1. The Bertz CT molecular complexity index is 238. The van der Waals surface area contributed by atoms with E-state index >= 15 is 0 Å². The molecule has 0 radical (unpaired) electrons. The van der Waals surface area contributed by atoms with Crippen LogP contribution in [0.4, 0.5) is 0 Å². The third-order valence-electron chi connectivity index (χ3n) is 2.20. The summed E-state index contributed by atoms with van der Waals surface area (Å²) in [6.07, 6.45) is 6.56. The average Bonchev–Trinajstić information content (AvgIpc) is 2.95. The zero-order chi connectivity index (χ0) is 9.84. The molecule has 0 aromatic rings. The van der Waals surface area contributed by atoms with Crippen molar-refractivity contribution < 1.29 is 4.79 Å². The van der Waals surface area contributed by atoms with E-state index in [2.05, 4.69) is 6.58 Å². The van der Waals surface area contributed by atoms with Crippen molar-refractivity contribution in [3.8, 4) is 0 Å². The topological polar surface area (TPSA) is 20.3 Å². The van der Waals surface area contributed by atoms with E-state index in [0.29, 0.717) is 12.5 Å². The normalized spacial score (nSPS) is 16.9. The number of allylic oxidation sites excluding steroid dienone is 2. The smallest absolute Gasteiger partial charge is 0.226 e. The van der Waals surface area contributed by atoms with Crippen molar-refractivity contribution in [3.63, 3.8) is 0 Å². The van der Waals surface area contributed by atoms with E-state index < -0.39 is 0 Å². The van der Waals surface area contributed by atoms with E-state index in [0.717, 1.165) is 18.4 Å². The molecule has 2 nitrogen and oxygen atoms in total. The van der Waals surface area contributed by atoms with Gasteiger partial charge in [0.15, 0.2) is 0 Å². The summed E-state index contributed by atoms with van der Waals surface area (Å²) in [5, 5.41) is 0. The third-order valence-corrected chi connectivity index (χ3v) is 2.20. The summed E-state index contributed by atoms with van der Waals surface area (Å²) in [6.45, 7) is 7.53. The van der Waals surface area contributed by atoms with E-state index in [9.17, 15) is 4.79 Å².